The molecule has 0 unspecified atom stereocenters. The zero-order chi connectivity index (χ0) is 18.3. The Bertz CT molecular complexity index is 893. The van der Waals surface area contributed by atoms with Crippen LogP contribution in [0.25, 0.3) is 10.8 Å². The molecular formula is C20H20N2O4. The Labute approximate surface area is 151 Å². The van der Waals surface area contributed by atoms with Crippen molar-refractivity contribution in [2.24, 2.45) is 0 Å². The molecule has 2 aromatic rings. The predicted molar refractivity (Wildman–Crippen MR) is 97.6 cm³/mol. The summed E-state index contributed by atoms with van der Waals surface area (Å²) in [5, 5.41) is 10.5. The molecule has 0 saturated carbocycles. The summed E-state index contributed by atoms with van der Waals surface area (Å²) in [7, 11) is 0. The summed E-state index contributed by atoms with van der Waals surface area (Å²) in [5.41, 5.74) is 2.01. The minimum absolute atomic E-state index is 0.114. The first-order valence-corrected chi connectivity index (χ1v) is 8.96. The van der Waals surface area contributed by atoms with Gasteiger partial charge < -0.3 is 10.0 Å². The molecule has 0 bridgehead atoms. The van der Waals surface area contributed by atoms with E-state index in [0.29, 0.717) is 16.5 Å². The monoisotopic (exact) mass is 352 g/mol. The molecule has 1 N–H and O–H groups in total. The molecular weight excluding hydrogens is 332 g/mol. The first kappa shape index (κ1) is 16.6. The topological polar surface area (TPSA) is 77.9 Å². The third kappa shape index (κ3) is 2.62. The van der Waals surface area contributed by atoms with Crippen molar-refractivity contribution in [3.8, 4) is 0 Å². The van der Waals surface area contributed by atoms with Gasteiger partial charge in [0.2, 0.25) is 0 Å². The van der Waals surface area contributed by atoms with E-state index < -0.39 is 17.8 Å². The maximum Gasteiger partial charge on any atom is 0.305 e. The second-order valence-electron chi connectivity index (χ2n) is 6.81. The summed E-state index contributed by atoms with van der Waals surface area (Å²) >= 11 is 0. The van der Waals surface area contributed by atoms with Crippen molar-refractivity contribution in [3.63, 3.8) is 0 Å². The number of carboxylic acid groups (broad SMARTS) is 1. The highest BCUT2D eigenvalue weighted by molar-refractivity contribution is 6.26. The molecule has 1 saturated heterocycles. The summed E-state index contributed by atoms with van der Waals surface area (Å²) < 4.78 is 0. The van der Waals surface area contributed by atoms with Crippen molar-refractivity contribution < 1.29 is 19.5 Å². The average molecular weight is 352 g/mol. The number of rotatable bonds is 4. The molecule has 2 heterocycles. The van der Waals surface area contributed by atoms with E-state index in [4.69, 9.17) is 5.11 Å². The van der Waals surface area contributed by atoms with Gasteiger partial charge in [-0.25, -0.2) is 0 Å². The number of anilines is 1. The number of imide groups is 1. The molecule has 0 radical (unpaired) electrons. The van der Waals surface area contributed by atoms with Crippen molar-refractivity contribution in [3.05, 3.63) is 41.5 Å². The van der Waals surface area contributed by atoms with Crippen LogP contribution in [0, 0.1) is 0 Å². The second-order valence-corrected chi connectivity index (χ2v) is 6.81. The highest BCUT2D eigenvalue weighted by Crippen LogP contribution is 2.36. The second kappa shape index (κ2) is 6.44. The van der Waals surface area contributed by atoms with Gasteiger partial charge in [-0.15, -0.1) is 0 Å². The van der Waals surface area contributed by atoms with Crippen LogP contribution in [-0.2, 0) is 4.79 Å². The first-order chi connectivity index (χ1) is 12.6. The molecule has 2 amide bonds. The summed E-state index contributed by atoms with van der Waals surface area (Å²) in [4.78, 5) is 39.8. The quantitative estimate of drug-likeness (QED) is 0.856. The van der Waals surface area contributed by atoms with Crippen LogP contribution in [0.1, 0.15) is 46.4 Å². The number of amides is 2. The molecule has 2 aromatic carbocycles. The summed E-state index contributed by atoms with van der Waals surface area (Å²) in [6.45, 7) is 1.84. The Hall–Kier alpha value is -2.89. The van der Waals surface area contributed by atoms with Gasteiger partial charge in [0.05, 0.1) is 6.42 Å². The normalized spacial score (nSPS) is 17.1. The van der Waals surface area contributed by atoms with Crippen LogP contribution < -0.4 is 4.90 Å². The molecule has 0 aliphatic carbocycles. The zero-order valence-corrected chi connectivity index (χ0v) is 14.4. The largest absolute Gasteiger partial charge is 0.481 e. The SMILES string of the molecule is O=C(O)CCN1C(=O)c2cccc3c(N4CCCCC4)ccc(c23)C1=O. The highest BCUT2D eigenvalue weighted by atomic mass is 16.4. The van der Waals surface area contributed by atoms with Gasteiger partial charge in [0.25, 0.3) is 11.8 Å². The third-order valence-electron chi connectivity index (χ3n) is 5.21. The zero-order valence-electron chi connectivity index (χ0n) is 14.4. The van der Waals surface area contributed by atoms with E-state index in [1.165, 1.54) is 6.42 Å². The molecule has 0 atom stereocenters. The van der Waals surface area contributed by atoms with Crippen LogP contribution in [0.15, 0.2) is 30.3 Å². The molecule has 1 fully saturated rings. The molecule has 0 aromatic heterocycles. The number of carbonyl (C=O) groups excluding carboxylic acids is 2. The van der Waals surface area contributed by atoms with Crippen molar-refractivity contribution in [1.82, 2.24) is 4.90 Å². The summed E-state index contributed by atoms with van der Waals surface area (Å²) in [6, 6.07) is 9.24. The predicted octanol–water partition coefficient (Wildman–Crippen LogP) is 2.90. The number of hydrogen-bond donors (Lipinski definition) is 1. The van der Waals surface area contributed by atoms with E-state index in [-0.39, 0.29) is 13.0 Å². The lowest BCUT2D eigenvalue weighted by Crippen LogP contribution is -2.41. The van der Waals surface area contributed by atoms with Crippen LogP contribution in [-0.4, -0.2) is 47.4 Å². The number of carbonyl (C=O) groups is 3. The van der Waals surface area contributed by atoms with Crippen LogP contribution in [0.4, 0.5) is 5.69 Å². The van der Waals surface area contributed by atoms with E-state index in [0.717, 1.165) is 41.9 Å². The van der Waals surface area contributed by atoms with E-state index in [2.05, 4.69) is 4.90 Å². The molecule has 0 spiro atoms. The molecule has 2 aliphatic heterocycles. The van der Waals surface area contributed by atoms with Gasteiger partial charge in [-0.05, 0) is 37.5 Å². The van der Waals surface area contributed by atoms with Crippen molar-refractivity contribution in [1.29, 1.82) is 0 Å². The lowest BCUT2D eigenvalue weighted by Gasteiger charge is -2.32. The Morgan fingerprint density at radius 1 is 0.962 bits per heavy atom. The fourth-order valence-corrected chi connectivity index (χ4v) is 3.95. The lowest BCUT2D eigenvalue weighted by atomic mass is 9.92. The van der Waals surface area contributed by atoms with Crippen LogP contribution in [0.3, 0.4) is 0 Å². The van der Waals surface area contributed by atoms with Gasteiger partial charge in [-0.3, -0.25) is 19.3 Å². The van der Waals surface area contributed by atoms with E-state index in [1.54, 1.807) is 12.1 Å². The standard InChI is InChI=1S/C20H20N2O4/c23-17(24)9-12-22-19(25)14-6-4-5-13-16(21-10-2-1-3-11-21)8-7-15(18(13)14)20(22)26/h4-8H,1-3,9-12H2,(H,23,24). The smallest absolute Gasteiger partial charge is 0.305 e. The van der Waals surface area contributed by atoms with Crippen LogP contribution in [0.2, 0.25) is 0 Å². The Morgan fingerprint density at radius 2 is 1.65 bits per heavy atom. The maximum absolute atomic E-state index is 12.8. The van der Waals surface area contributed by atoms with Crippen molar-refractivity contribution >= 4 is 34.2 Å². The molecule has 6 heteroatoms. The van der Waals surface area contributed by atoms with Crippen LogP contribution >= 0.6 is 0 Å². The van der Waals surface area contributed by atoms with Gasteiger partial charge in [0, 0.05) is 47.2 Å². The first-order valence-electron chi connectivity index (χ1n) is 8.96. The molecule has 4 rings (SSSR count). The van der Waals surface area contributed by atoms with Crippen LogP contribution in [0.5, 0.6) is 0 Å². The molecule has 2 aliphatic rings. The molecule has 6 nitrogen and oxygen atoms in total. The van der Waals surface area contributed by atoms with Gasteiger partial charge >= 0.3 is 5.97 Å². The van der Waals surface area contributed by atoms with Crippen molar-refractivity contribution in [2.75, 3.05) is 24.5 Å². The minimum Gasteiger partial charge on any atom is -0.481 e. The number of carboxylic acids is 1. The highest BCUT2D eigenvalue weighted by Gasteiger charge is 2.33. The average Bonchev–Trinajstić information content (AvgIpc) is 2.66. The van der Waals surface area contributed by atoms with Crippen molar-refractivity contribution in [2.45, 2.75) is 25.7 Å². The Balaban J connectivity index is 1.82. The Morgan fingerprint density at radius 3 is 2.35 bits per heavy atom. The number of nitrogens with zero attached hydrogens (tertiary/aromatic N) is 2. The van der Waals surface area contributed by atoms with Gasteiger partial charge in [-0.2, -0.15) is 0 Å². The summed E-state index contributed by atoms with van der Waals surface area (Å²) in [5.74, 6) is -1.86. The fourth-order valence-electron chi connectivity index (χ4n) is 3.95. The maximum atomic E-state index is 12.8. The van der Waals surface area contributed by atoms with E-state index in [9.17, 15) is 14.4 Å². The number of benzene rings is 2. The van der Waals surface area contributed by atoms with Gasteiger partial charge in [0.1, 0.15) is 0 Å². The fraction of sp³-hybridized carbons (Fsp3) is 0.350. The third-order valence-corrected chi connectivity index (χ3v) is 5.21. The number of hydrogen-bond acceptors (Lipinski definition) is 4. The van der Waals surface area contributed by atoms with Gasteiger partial charge in [0.15, 0.2) is 0 Å². The minimum atomic E-state index is -1.03. The lowest BCUT2D eigenvalue weighted by molar-refractivity contribution is -0.137. The number of piperidine rings is 1. The van der Waals surface area contributed by atoms with E-state index in [1.807, 2.05) is 18.2 Å². The Kier molecular flexibility index (Phi) is 4.11. The summed E-state index contributed by atoms with van der Waals surface area (Å²) in [6.07, 6.45) is 3.26. The van der Waals surface area contributed by atoms with Gasteiger partial charge in [-0.1, -0.05) is 12.1 Å². The molecule has 26 heavy (non-hydrogen) atoms. The van der Waals surface area contributed by atoms with E-state index >= 15 is 0 Å². The number of aliphatic carboxylic acids is 1. The molecule has 134 valence electrons.